The van der Waals surface area contributed by atoms with Crippen LogP contribution in [0.25, 0.3) is 0 Å². The summed E-state index contributed by atoms with van der Waals surface area (Å²) in [5, 5.41) is 17.6. The maximum Gasteiger partial charge on any atom is 0.303 e. The summed E-state index contributed by atoms with van der Waals surface area (Å²) in [7, 11) is 0. The van der Waals surface area contributed by atoms with Crippen LogP contribution >= 0.6 is 0 Å². The molecule has 0 atom stereocenters. The van der Waals surface area contributed by atoms with Crippen LogP contribution in [0.1, 0.15) is 42.6 Å². The zero-order chi connectivity index (χ0) is 15.1. The van der Waals surface area contributed by atoms with Crippen LogP contribution in [0.4, 0.5) is 0 Å². The number of hydrogen-bond acceptors (Lipinski definition) is 3. The minimum Gasteiger partial charge on any atom is -0.481 e. The van der Waals surface area contributed by atoms with E-state index in [9.17, 15) is 9.59 Å². The number of carboxylic acid groups (broad SMARTS) is 1. The predicted molar refractivity (Wildman–Crippen MR) is 75.4 cm³/mol. The molecule has 0 fully saturated rings. The van der Waals surface area contributed by atoms with Gasteiger partial charge in [-0.05, 0) is 38.0 Å². The number of carbonyl (C=O) groups excluding carboxylic acids is 1. The van der Waals surface area contributed by atoms with E-state index in [1.54, 1.807) is 29.2 Å². The molecular weight excluding hydrogens is 258 g/mol. The third kappa shape index (κ3) is 4.66. The first-order valence-corrected chi connectivity index (χ1v) is 6.68. The number of aliphatic hydroxyl groups excluding tert-OH is 1. The highest BCUT2D eigenvalue weighted by molar-refractivity contribution is 5.94. The molecule has 0 bridgehead atoms. The van der Waals surface area contributed by atoms with Gasteiger partial charge in [-0.15, -0.1) is 0 Å². The van der Waals surface area contributed by atoms with Crippen LogP contribution in [0.5, 0.6) is 0 Å². The molecule has 20 heavy (non-hydrogen) atoms. The van der Waals surface area contributed by atoms with E-state index in [0.717, 1.165) is 5.56 Å². The van der Waals surface area contributed by atoms with Crippen molar-refractivity contribution < 1.29 is 19.8 Å². The number of carboxylic acids is 1. The Balaban J connectivity index is 2.74. The standard InChI is InChI=1S/C15H21NO4/c1-11(2)16(9-3-4-14(18)19)15(20)13-7-5-12(10-17)6-8-13/h5-8,11,17H,3-4,9-10H2,1-2H3,(H,18,19). The van der Waals surface area contributed by atoms with Gasteiger partial charge in [-0.1, -0.05) is 12.1 Å². The predicted octanol–water partition coefficient (Wildman–Crippen LogP) is 1.89. The van der Waals surface area contributed by atoms with Gasteiger partial charge in [0.25, 0.3) is 5.91 Å². The summed E-state index contributed by atoms with van der Waals surface area (Å²) in [4.78, 5) is 24.6. The molecule has 2 N–H and O–H groups in total. The van der Waals surface area contributed by atoms with Gasteiger partial charge in [-0.3, -0.25) is 9.59 Å². The van der Waals surface area contributed by atoms with E-state index in [1.165, 1.54) is 0 Å². The third-order valence-electron chi connectivity index (χ3n) is 3.06. The van der Waals surface area contributed by atoms with Crippen molar-refractivity contribution in [2.24, 2.45) is 0 Å². The first kappa shape index (κ1) is 16.2. The highest BCUT2D eigenvalue weighted by Crippen LogP contribution is 2.11. The molecule has 1 amide bonds. The molecule has 110 valence electrons. The summed E-state index contributed by atoms with van der Waals surface area (Å²) in [5.41, 5.74) is 1.30. The minimum atomic E-state index is -0.853. The lowest BCUT2D eigenvalue weighted by Crippen LogP contribution is -2.37. The van der Waals surface area contributed by atoms with Crippen molar-refractivity contribution in [3.8, 4) is 0 Å². The SMILES string of the molecule is CC(C)N(CCCC(=O)O)C(=O)c1ccc(CO)cc1. The van der Waals surface area contributed by atoms with Crippen molar-refractivity contribution in [1.29, 1.82) is 0 Å². The molecule has 0 saturated carbocycles. The second kappa shape index (κ2) is 7.65. The van der Waals surface area contributed by atoms with E-state index < -0.39 is 5.97 Å². The second-order valence-electron chi connectivity index (χ2n) is 4.94. The van der Waals surface area contributed by atoms with Crippen molar-refractivity contribution in [2.45, 2.75) is 39.3 Å². The fraction of sp³-hybridized carbons (Fsp3) is 0.467. The number of aliphatic carboxylic acids is 1. The molecule has 1 rings (SSSR count). The summed E-state index contributed by atoms with van der Waals surface area (Å²) in [6.45, 7) is 4.17. The van der Waals surface area contributed by atoms with Gasteiger partial charge in [0, 0.05) is 24.6 Å². The van der Waals surface area contributed by atoms with Crippen LogP contribution in [0, 0.1) is 0 Å². The van der Waals surface area contributed by atoms with Crippen LogP contribution in [0.2, 0.25) is 0 Å². The van der Waals surface area contributed by atoms with E-state index in [0.29, 0.717) is 18.5 Å². The van der Waals surface area contributed by atoms with Crippen molar-refractivity contribution in [1.82, 2.24) is 4.90 Å². The Morgan fingerprint density at radius 2 is 1.80 bits per heavy atom. The zero-order valence-electron chi connectivity index (χ0n) is 11.9. The van der Waals surface area contributed by atoms with Gasteiger partial charge in [0.15, 0.2) is 0 Å². The molecule has 0 aliphatic rings. The quantitative estimate of drug-likeness (QED) is 0.799. The molecule has 0 aliphatic heterocycles. The fourth-order valence-electron chi connectivity index (χ4n) is 1.91. The van der Waals surface area contributed by atoms with E-state index in [4.69, 9.17) is 10.2 Å². The van der Waals surface area contributed by atoms with Gasteiger partial charge in [0.05, 0.1) is 6.61 Å². The zero-order valence-corrected chi connectivity index (χ0v) is 11.9. The Kier molecular flexibility index (Phi) is 6.18. The van der Waals surface area contributed by atoms with Crippen LogP contribution < -0.4 is 0 Å². The average molecular weight is 279 g/mol. The average Bonchev–Trinajstić information content (AvgIpc) is 2.42. The topological polar surface area (TPSA) is 77.8 Å². The number of aliphatic hydroxyl groups is 1. The second-order valence-corrected chi connectivity index (χ2v) is 4.94. The molecule has 1 aromatic carbocycles. The number of nitrogens with zero attached hydrogens (tertiary/aromatic N) is 1. The van der Waals surface area contributed by atoms with Crippen LogP contribution in [0.15, 0.2) is 24.3 Å². The van der Waals surface area contributed by atoms with Crippen molar-refractivity contribution in [3.63, 3.8) is 0 Å². The van der Waals surface area contributed by atoms with Crippen LogP contribution in [0.3, 0.4) is 0 Å². The van der Waals surface area contributed by atoms with Crippen molar-refractivity contribution in [2.75, 3.05) is 6.54 Å². The van der Waals surface area contributed by atoms with E-state index >= 15 is 0 Å². The molecule has 1 aromatic rings. The van der Waals surface area contributed by atoms with Crippen LogP contribution in [-0.4, -0.2) is 39.6 Å². The van der Waals surface area contributed by atoms with Crippen LogP contribution in [-0.2, 0) is 11.4 Å². The number of carbonyl (C=O) groups is 2. The Morgan fingerprint density at radius 3 is 2.25 bits per heavy atom. The van der Waals surface area contributed by atoms with Crippen molar-refractivity contribution >= 4 is 11.9 Å². The summed E-state index contributed by atoms with van der Waals surface area (Å²) in [5.74, 6) is -0.969. The molecule has 0 spiro atoms. The lowest BCUT2D eigenvalue weighted by molar-refractivity contribution is -0.137. The molecule has 0 heterocycles. The Hall–Kier alpha value is -1.88. The molecule has 0 saturated heterocycles. The molecule has 0 aromatic heterocycles. The lowest BCUT2D eigenvalue weighted by Gasteiger charge is -2.26. The van der Waals surface area contributed by atoms with Gasteiger partial charge in [-0.2, -0.15) is 0 Å². The van der Waals surface area contributed by atoms with Gasteiger partial charge in [0.2, 0.25) is 0 Å². The summed E-state index contributed by atoms with van der Waals surface area (Å²) >= 11 is 0. The Labute approximate surface area is 118 Å². The number of amides is 1. The molecule has 5 nitrogen and oxygen atoms in total. The Morgan fingerprint density at radius 1 is 1.20 bits per heavy atom. The largest absolute Gasteiger partial charge is 0.481 e. The van der Waals surface area contributed by atoms with Gasteiger partial charge in [0.1, 0.15) is 0 Å². The molecule has 0 aliphatic carbocycles. The van der Waals surface area contributed by atoms with Gasteiger partial charge >= 0.3 is 5.97 Å². The first-order chi connectivity index (χ1) is 9.45. The molecular formula is C15H21NO4. The van der Waals surface area contributed by atoms with Gasteiger partial charge in [-0.25, -0.2) is 0 Å². The fourth-order valence-corrected chi connectivity index (χ4v) is 1.91. The molecule has 0 radical (unpaired) electrons. The highest BCUT2D eigenvalue weighted by atomic mass is 16.4. The van der Waals surface area contributed by atoms with E-state index in [-0.39, 0.29) is 25.0 Å². The normalized spacial score (nSPS) is 10.6. The summed E-state index contributed by atoms with van der Waals surface area (Å²) < 4.78 is 0. The van der Waals surface area contributed by atoms with E-state index in [1.807, 2.05) is 13.8 Å². The van der Waals surface area contributed by atoms with Gasteiger partial charge < -0.3 is 15.1 Å². The van der Waals surface area contributed by atoms with Crippen molar-refractivity contribution in [3.05, 3.63) is 35.4 Å². The summed E-state index contributed by atoms with van der Waals surface area (Å²) in [6, 6.07) is 6.79. The highest BCUT2D eigenvalue weighted by Gasteiger charge is 2.18. The maximum absolute atomic E-state index is 12.4. The number of hydrogen-bond donors (Lipinski definition) is 2. The number of rotatable bonds is 7. The van der Waals surface area contributed by atoms with E-state index in [2.05, 4.69) is 0 Å². The number of benzene rings is 1. The smallest absolute Gasteiger partial charge is 0.303 e. The molecule has 5 heteroatoms. The summed E-state index contributed by atoms with van der Waals surface area (Å²) in [6.07, 6.45) is 0.494. The lowest BCUT2D eigenvalue weighted by atomic mass is 10.1. The molecule has 0 unspecified atom stereocenters. The maximum atomic E-state index is 12.4. The minimum absolute atomic E-state index is 0.00816. The Bertz CT molecular complexity index is 453. The third-order valence-corrected chi connectivity index (χ3v) is 3.06. The first-order valence-electron chi connectivity index (χ1n) is 6.68. The monoisotopic (exact) mass is 279 g/mol.